The fraction of sp³-hybridized carbons (Fsp3) is 0.353. The summed E-state index contributed by atoms with van der Waals surface area (Å²) in [5.74, 6) is 0.00125. The minimum atomic E-state index is -0.603. The third-order valence-electron chi connectivity index (χ3n) is 3.88. The molecule has 2 aromatic rings. The maximum atomic E-state index is 12.0. The van der Waals surface area contributed by atoms with E-state index in [2.05, 4.69) is 11.4 Å². The monoisotopic (exact) mass is 344 g/mol. The first-order valence-electron chi connectivity index (χ1n) is 7.58. The Balaban J connectivity index is 1.62. The lowest BCUT2D eigenvalue weighted by Gasteiger charge is -2.05. The maximum Gasteiger partial charge on any atom is 0.342 e. The summed E-state index contributed by atoms with van der Waals surface area (Å²) in [6.07, 6.45) is 2.86. The molecule has 0 unspecified atom stereocenters. The van der Waals surface area contributed by atoms with E-state index in [-0.39, 0.29) is 0 Å². The summed E-state index contributed by atoms with van der Waals surface area (Å²) in [5, 5.41) is 12.5. The quantitative estimate of drug-likeness (QED) is 0.860. The molecule has 24 heavy (non-hydrogen) atoms. The van der Waals surface area contributed by atoms with Gasteiger partial charge in [0, 0.05) is 4.88 Å². The molecule has 0 radical (unpaired) electrons. The van der Waals surface area contributed by atoms with Crippen LogP contribution < -0.4 is 5.32 Å². The van der Waals surface area contributed by atoms with E-state index in [0.29, 0.717) is 27.6 Å². The lowest BCUT2D eigenvalue weighted by atomic mass is 10.1. The van der Waals surface area contributed by atoms with E-state index in [4.69, 9.17) is 9.15 Å². The number of hydrogen-bond acceptors (Lipinski definition) is 6. The van der Waals surface area contributed by atoms with Crippen molar-refractivity contribution in [2.45, 2.75) is 33.1 Å². The molecule has 124 valence electrons. The highest BCUT2D eigenvalue weighted by Crippen LogP contribution is 2.38. The number of esters is 1. The molecular weight excluding hydrogens is 328 g/mol. The predicted molar refractivity (Wildman–Crippen MR) is 88.2 cm³/mol. The molecule has 2 aromatic heterocycles. The van der Waals surface area contributed by atoms with E-state index in [1.165, 1.54) is 11.3 Å². The van der Waals surface area contributed by atoms with Crippen molar-refractivity contribution in [1.29, 1.82) is 5.26 Å². The molecule has 3 rings (SSSR count). The van der Waals surface area contributed by atoms with Gasteiger partial charge in [-0.2, -0.15) is 5.26 Å². The average molecular weight is 344 g/mol. The van der Waals surface area contributed by atoms with Gasteiger partial charge < -0.3 is 14.5 Å². The first kappa shape index (κ1) is 16.3. The molecule has 0 saturated carbocycles. The van der Waals surface area contributed by atoms with E-state index >= 15 is 0 Å². The summed E-state index contributed by atoms with van der Waals surface area (Å²) < 4.78 is 10.3. The Hall–Kier alpha value is -2.59. The second kappa shape index (κ2) is 6.49. The first-order chi connectivity index (χ1) is 11.5. The zero-order valence-electron chi connectivity index (χ0n) is 13.4. The van der Waals surface area contributed by atoms with Gasteiger partial charge in [0.25, 0.3) is 5.91 Å². The minimum absolute atomic E-state index is 0.313. The number of fused-ring (bicyclic) bond motifs is 1. The van der Waals surface area contributed by atoms with Crippen LogP contribution in [0.2, 0.25) is 0 Å². The second-order valence-electron chi connectivity index (χ2n) is 5.62. The topological polar surface area (TPSA) is 92.3 Å². The molecule has 0 fully saturated rings. The van der Waals surface area contributed by atoms with Crippen LogP contribution in [0.4, 0.5) is 5.00 Å². The summed E-state index contributed by atoms with van der Waals surface area (Å²) in [7, 11) is 0. The van der Waals surface area contributed by atoms with Gasteiger partial charge in [0.2, 0.25) is 0 Å². The molecule has 1 aliphatic carbocycles. The molecule has 0 bridgehead atoms. The Morgan fingerprint density at radius 2 is 2.21 bits per heavy atom. The van der Waals surface area contributed by atoms with Crippen molar-refractivity contribution in [3.8, 4) is 6.07 Å². The van der Waals surface area contributed by atoms with Gasteiger partial charge in [-0.1, -0.05) is 0 Å². The fourth-order valence-electron chi connectivity index (χ4n) is 2.82. The number of carbonyl (C=O) groups is 2. The highest BCUT2D eigenvalue weighted by Gasteiger charge is 2.23. The normalized spacial score (nSPS) is 12.5. The van der Waals surface area contributed by atoms with Crippen molar-refractivity contribution in [1.82, 2.24) is 0 Å². The zero-order chi connectivity index (χ0) is 17.3. The number of anilines is 1. The number of hydrogen-bond donors (Lipinski definition) is 1. The number of thiophene rings is 1. The number of amides is 1. The summed E-state index contributed by atoms with van der Waals surface area (Å²) >= 11 is 1.43. The third kappa shape index (κ3) is 3.05. The zero-order valence-corrected chi connectivity index (χ0v) is 14.2. The van der Waals surface area contributed by atoms with Crippen molar-refractivity contribution < 1.29 is 18.7 Å². The molecule has 0 aromatic carbocycles. The van der Waals surface area contributed by atoms with Crippen LogP contribution in [0.25, 0.3) is 0 Å². The molecule has 6 nitrogen and oxygen atoms in total. The molecule has 7 heteroatoms. The number of carbonyl (C=O) groups excluding carboxylic acids is 2. The largest absolute Gasteiger partial charge is 0.466 e. The van der Waals surface area contributed by atoms with Gasteiger partial charge >= 0.3 is 5.97 Å². The molecule has 0 saturated heterocycles. The van der Waals surface area contributed by atoms with Crippen molar-refractivity contribution in [2.24, 2.45) is 0 Å². The van der Waals surface area contributed by atoms with Crippen LogP contribution in [0.1, 0.15) is 44.3 Å². The van der Waals surface area contributed by atoms with E-state index in [1.54, 1.807) is 19.9 Å². The van der Waals surface area contributed by atoms with Crippen LogP contribution in [0.5, 0.6) is 0 Å². The molecular formula is C17H16N2O4S. The highest BCUT2D eigenvalue weighted by molar-refractivity contribution is 7.16. The summed E-state index contributed by atoms with van der Waals surface area (Å²) in [4.78, 5) is 25.1. The van der Waals surface area contributed by atoms with Crippen LogP contribution in [-0.2, 0) is 22.4 Å². The fourth-order valence-corrected chi connectivity index (χ4v) is 4.07. The second-order valence-corrected chi connectivity index (χ2v) is 6.73. The third-order valence-corrected chi connectivity index (χ3v) is 5.09. The molecule has 1 N–H and O–H groups in total. The predicted octanol–water partition coefficient (Wildman–Crippen LogP) is 3.11. The molecule has 2 heterocycles. The van der Waals surface area contributed by atoms with Crippen LogP contribution in [0.15, 0.2) is 10.5 Å². The van der Waals surface area contributed by atoms with Crippen molar-refractivity contribution >= 4 is 28.2 Å². The average Bonchev–Trinajstić information content (AvgIpc) is 3.19. The van der Waals surface area contributed by atoms with E-state index in [9.17, 15) is 14.9 Å². The Bertz CT molecular complexity index is 857. The molecule has 0 atom stereocenters. The van der Waals surface area contributed by atoms with E-state index in [0.717, 1.165) is 29.7 Å². The molecule has 0 aliphatic heterocycles. The molecule has 0 spiro atoms. The molecule has 1 amide bonds. The van der Waals surface area contributed by atoms with Crippen LogP contribution in [0.3, 0.4) is 0 Å². The van der Waals surface area contributed by atoms with Crippen molar-refractivity contribution in [3.05, 3.63) is 39.2 Å². The lowest BCUT2D eigenvalue weighted by Crippen LogP contribution is -2.21. The van der Waals surface area contributed by atoms with Crippen LogP contribution in [0, 0.1) is 25.2 Å². The van der Waals surface area contributed by atoms with Gasteiger partial charge in [0.05, 0.1) is 5.56 Å². The number of nitrogens with one attached hydrogen (secondary N) is 1. The van der Waals surface area contributed by atoms with Crippen LogP contribution >= 0.6 is 11.3 Å². The Morgan fingerprint density at radius 1 is 1.42 bits per heavy atom. The number of rotatable bonds is 4. The first-order valence-corrected chi connectivity index (χ1v) is 8.40. The highest BCUT2D eigenvalue weighted by atomic mass is 32.1. The Labute approximate surface area is 143 Å². The number of nitriles is 1. The van der Waals surface area contributed by atoms with Gasteiger partial charge in [-0.3, -0.25) is 4.79 Å². The maximum absolute atomic E-state index is 12.0. The van der Waals surface area contributed by atoms with E-state index in [1.807, 2.05) is 0 Å². The number of aryl methyl sites for hydroxylation is 3. The number of ether oxygens (including phenoxy) is 1. The summed E-state index contributed by atoms with van der Waals surface area (Å²) in [6.45, 7) is 2.99. The Morgan fingerprint density at radius 3 is 2.88 bits per heavy atom. The smallest absolute Gasteiger partial charge is 0.342 e. The van der Waals surface area contributed by atoms with Crippen molar-refractivity contribution in [2.75, 3.05) is 11.9 Å². The van der Waals surface area contributed by atoms with Gasteiger partial charge in [0.1, 0.15) is 28.2 Å². The van der Waals surface area contributed by atoms with Gasteiger partial charge in [-0.05, 0) is 44.7 Å². The molecule has 1 aliphatic rings. The van der Waals surface area contributed by atoms with Crippen LogP contribution in [-0.4, -0.2) is 18.5 Å². The standard InChI is InChI=1S/C17H16N2O4S/c1-9-6-12(10(2)23-9)17(21)22-8-15(20)19-16-13(7-18)11-4-3-5-14(11)24-16/h6H,3-5,8H2,1-2H3,(H,19,20). The minimum Gasteiger partial charge on any atom is -0.466 e. The lowest BCUT2D eigenvalue weighted by molar-refractivity contribution is -0.119. The summed E-state index contributed by atoms with van der Waals surface area (Å²) in [5.41, 5.74) is 1.89. The van der Waals surface area contributed by atoms with Gasteiger partial charge in [-0.15, -0.1) is 11.3 Å². The van der Waals surface area contributed by atoms with Crippen molar-refractivity contribution in [3.63, 3.8) is 0 Å². The number of nitrogens with zero attached hydrogens (tertiary/aromatic N) is 1. The summed E-state index contributed by atoms with van der Waals surface area (Å²) in [6, 6.07) is 3.73. The van der Waals surface area contributed by atoms with Gasteiger partial charge in [-0.25, -0.2) is 4.79 Å². The Kier molecular flexibility index (Phi) is 4.40. The number of furan rings is 1. The van der Waals surface area contributed by atoms with E-state index < -0.39 is 18.5 Å². The van der Waals surface area contributed by atoms with Gasteiger partial charge in [0.15, 0.2) is 6.61 Å². The SMILES string of the molecule is Cc1cc(C(=O)OCC(=O)Nc2sc3c(c2C#N)CCC3)c(C)o1.